The van der Waals surface area contributed by atoms with Crippen molar-refractivity contribution in [3.05, 3.63) is 124 Å². The Morgan fingerprint density at radius 3 is 2.66 bits per heavy atom. The van der Waals surface area contributed by atoms with E-state index in [9.17, 15) is 9.59 Å². The van der Waals surface area contributed by atoms with Gasteiger partial charge in [-0.15, -0.1) is 11.3 Å². The lowest BCUT2D eigenvalue weighted by Crippen LogP contribution is -2.39. The molecule has 190 valence electrons. The van der Waals surface area contributed by atoms with Gasteiger partial charge in [0.05, 0.1) is 22.9 Å². The van der Waals surface area contributed by atoms with Crippen LogP contribution in [-0.4, -0.2) is 22.2 Å². The predicted octanol–water partition coefficient (Wildman–Crippen LogP) is 5.24. The molecular weight excluding hydrogens is 582 g/mol. The van der Waals surface area contributed by atoms with Crippen molar-refractivity contribution in [2.24, 2.45) is 4.99 Å². The lowest BCUT2D eigenvalue weighted by molar-refractivity contribution is -0.136. The molecule has 0 bridgehead atoms. The van der Waals surface area contributed by atoms with Gasteiger partial charge in [0.15, 0.2) is 4.80 Å². The molecule has 1 aliphatic heterocycles. The van der Waals surface area contributed by atoms with Crippen molar-refractivity contribution in [1.82, 2.24) is 9.13 Å². The van der Waals surface area contributed by atoms with Crippen molar-refractivity contribution >= 4 is 61.6 Å². The SMILES string of the molecule is COC(=O)C1=C(C)N=c2sc(=Cc3cn(Cc4ccc(Br)cc4)c4ccccc34)c(=O)n2C1c1cccs1. The van der Waals surface area contributed by atoms with E-state index in [1.165, 1.54) is 35.3 Å². The number of hydrogen-bond acceptors (Lipinski definition) is 6. The normalized spacial score (nSPS) is 15.6. The number of methoxy groups -OCH3 is 1. The number of benzene rings is 2. The van der Waals surface area contributed by atoms with Crippen molar-refractivity contribution in [1.29, 1.82) is 0 Å². The lowest BCUT2D eigenvalue weighted by Gasteiger charge is -2.22. The van der Waals surface area contributed by atoms with E-state index >= 15 is 0 Å². The Hall–Kier alpha value is -3.53. The Morgan fingerprint density at radius 1 is 1.13 bits per heavy atom. The Kier molecular flexibility index (Phi) is 6.51. The molecule has 0 spiro atoms. The fourth-order valence-electron chi connectivity index (χ4n) is 4.86. The van der Waals surface area contributed by atoms with E-state index in [0.717, 1.165) is 25.8 Å². The first-order chi connectivity index (χ1) is 18.4. The third kappa shape index (κ3) is 4.30. The molecule has 0 fully saturated rings. The van der Waals surface area contributed by atoms with Gasteiger partial charge >= 0.3 is 5.97 Å². The quantitative estimate of drug-likeness (QED) is 0.258. The van der Waals surface area contributed by atoms with Crippen LogP contribution in [-0.2, 0) is 16.1 Å². The number of thiazole rings is 1. The molecule has 1 atom stereocenters. The van der Waals surface area contributed by atoms with Crippen molar-refractivity contribution in [3.63, 3.8) is 0 Å². The number of ether oxygens (including phenoxy) is 1. The third-order valence-corrected chi connectivity index (χ3v) is 9.05. The van der Waals surface area contributed by atoms with Crippen LogP contribution in [0, 0.1) is 0 Å². The zero-order chi connectivity index (χ0) is 26.4. The standard InChI is InChI=1S/C29H22BrN3O3S2/c1-17-25(28(35)36-2)26(23-8-5-13-37-23)33-27(34)24(38-29(33)31-17)14-19-16-32(22-7-4-3-6-21(19)22)15-18-9-11-20(30)12-10-18/h3-14,16,26H,15H2,1-2H3. The maximum absolute atomic E-state index is 13.9. The summed E-state index contributed by atoms with van der Waals surface area (Å²) in [7, 11) is 1.35. The number of nitrogens with zero attached hydrogens (tertiary/aromatic N) is 3. The lowest BCUT2D eigenvalue weighted by atomic mass is 10.0. The molecule has 1 unspecified atom stereocenters. The number of halogens is 1. The summed E-state index contributed by atoms with van der Waals surface area (Å²) < 4.78 is 10.5. The summed E-state index contributed by atoms with van der Waals surface area (Å²) in [5, 5.41) is 3.01. The van der Waals surface area contributed by atoms with E-state index in [4.69, 9.17) is 4.74 Å². The zero-order valence-corrected chi connectivity index (χ0v) is 23.8. The Morgan fingerprint density at radius 2 is 1.92 bits per heavy atom. The van der Waals surface area contributed by atoms with Crippen LogP contribution in [0.2, 0.25) is 0 Å². The average molecular weight is 605 g/mol. The predicted molar refractivity (Wildman–Crippen MR) is 155 cm³/mol. The number of thiophene rings is 1. The van der Waals surface area contributed by atoms with Crippen LogP contribution < -0.4 is 14.9 Å². The van der Waals surface area contributed by atoms with Gasteiger partial charge in [0.2, 0.25) is 0 Å². The molecule has 2 aromatic carbocycles. The number of aromatic nitrogens is 2. The summed E-state index contributed by atoms with van der Waals surface area (Å²) in [5.74, 6) is -0.477. The van der Waals surface area contributed by atoms with Gasteiger partial charge < -0.3 is 9.30 Å². The van der Waals surface area contributed by atoms with Crippen LogP contribution >= 0.6 is 38.6 Å². The van der Waals surface area contributed by atoms with Gasteiger partial charge in [-0.25, -0.2) is 9.79 Å². The van der Waals surface area contributed by atoms with Crippen molar-refractivity contribution in [3.8, 4) is 0 Å². The van der Waals surface area contributed by atoms with Crippen LogP contribution in [0.25, 0.3) is 17.0 Å². The zero-order valence-electron chi connectivity index (χ0n) is 20.6. The number of carbonyl (C=O) groups is 1. The summed E-state index contributed by atoms with van der Waals surface area (Å²) in [6.07, 6.45) is 4.03. The number of para-hydroxylation sites is 1. The minimum atomic E-state index is -0.570. The molecule has 4 heterocycles. The molecule has 0 N–H and O–H groups in total. The third-order valence-electron chi connectivity index (χ3n) is 6.61. The first kappa shape index (κ1) is 24.8. The van der Waals surface area contributed by atoms with Gasteiger partial charge in [-0.1, -0.05) is 63.7 Å². The molecule has 6 rings (SSSR count). The van der Waals surface area contributed by atoms with Crippen molar-refractivity contribution < 1.29 is 9.53 Å². The van der Waals surface area contributed by atoms with E-state index in [2.05, 4.69) is 56.0 Å². The summed E-state index contributed by atoms with van der Waals surface area (Å²) in [5.41, 5.74) is 4.01. The van der Waals surface area contributed by atoms with Crippen LogP contribution in [0.3, 0.4) is 0 Å². The Labute approximate surface area is 234 Å². The molecule has 0 saturated heterocycles. The van der Waals surface area contributed by atoms with E-state index in [-0.39, 0.29) is 5.56 Å². The summed E-state index contributed by atoms with van der Waals surface area (Å²) in [6, 6.07) is 19.8. The van der Waals surface area contributed by atoms with E-state index < -0.39 is 12.0 Å². The number of hydrogen-bond donors (Lipinski definition) is 0. The number of carbonyl (C=O) groups excluding carboxylic acids is 1. The molecule has 1 aliphatic rings. The summed E-state index contributed by atoms with van der Waals surface area (Å²) >= 11 is 6.34. The fourth-order valence-corrected chi connectivity index (χ4v) is 6.98. The minimum Gasteiger partial charge on any atom is -0.466 e. The molecule has 0 aliphatic carbocycles. The fraction of sp³-hybridized carbons (Fsp3) is 0.138. The summed E-state index contributed by atoms with van der Waals surface area (Å²) in [4.78, 5) is 32.7. The number of fused-ring (bicyclic) bond motifs is 2. The molecule has 0 radical (unpaired) electrons. The van der Waals surface area contributed by atoms with Crippen LogP contribution in [0.5, 0.6) is 0 Å². The molecule has 0 amide bonds. The van der Waals surface area contributed by atoms with Crippen LogP contribution in [0.4, 0.5) is 0 Å². The smallest absolute Gasteiger partial charge is 0.338 e. The van der Waals surface area contributed by atoms with Gasteiger partial charge in [0, 0.05) is 38.6 Å². The average Bonchev–Trinajstić information content (AvgIpc) is 3.64. The Bertz CT molecular complexity index is 1890. The first-order valence-electron chi connectivity index (χ1n) is 11.9. The van der Waals surface area contributed by atoms with Gasteiger partial charge in [-0.2, -0.15) is 0 Å². The van der Waals surface area contributed by atoms with Gasteiger partial charge in [0.25, 0.3) is 5.56 Å². The first-order valence-corrected chi connectivity index (χ1v) is 14.4. The molecule has 38 heavy (non-hydrogen) atoms. The highest BCUT2D eigenvalue weighted by atomic mass is 79.9. The van der Waals surface area contributed by atoms with Gasteiger partial charge in [0.1, 0.15) is 6.04 Å². The molecule has 5 aromatic rings. The Balaban J connectivity index is 1.51. The maximum atomic E-state index is 13.9. The highest BCUT2D eigenvalue weighted by Gasteiger charge is 2.33. The van der Waals surface area contributed by atoms with Crippen molar-refractivity contribution in [2.75, 3.05) is 7.11 Å². The van der Waals surface area contributed by atoms with Crippen LogP contribution in [0.1, 0.15) is 29.0 Å². The number of rotatable bonds is 5. The van der Waals surface area contributed by atoms with Crippen LogP contribution in [0.15, 0.2) is 97.8 Å². The van der Waals surface area contributed by atoms with E-state index in [0.29, 0.717) is 27.1 Å². The summed E-state index contributed by atoms with van der Waals surface area (Å²) in [6.45, 7) is 2.50. The molecule has 0 saturated carbocycles. The highest BCUT2D eigenvalue weighted by molar-refractivity contribution is 9.10. The molecule has 9 heteroatoms. The maximum Gasteiger partial charge on any atom is 0.338 e. The second kappa shape index (κ2) is 9.98. The molecule has 3 aromatic heterocycles. The second-order valence-corrected chi connectivity index (χ2v) is 11.8. The van der Waals surface area contributed by atoms with E-state index in [1.54, 1.807) is 11.5 Å². The second-order valence-electron chi connectivity index (χ2n) is 8.94. The number of esters is 1. The van der Waals surface area contributed by atoms with Gasteiger partial charge in [-0.05, 0) is 48.2 Å². The largest absolute Gasteiger partial charge is 0.466 e. The topological polar surface area (TPSA) is 65.6 Å². The van der Waals surface area contributed by atoms with E-state index in [1.807, 2.05) is 47.9 Å². The highest BCUT2D eigenvalue weighted by Crippen LogP contribution is 2.33. The minimum absolute atomic E-state index is 0.175. The monoisotopic (exact) mass is 603 g/mol. The van der Waals surface area contributed by atoms with Crippen molar-refractivity contribution in [2.45, 2.75) is 19.5 Å². The molecule has 6 nitrogen and oxygen atoms in total. The van der Waals surface area contributed by atoms with Gasteiger partial charge in [-0.3, -0.25) is 9.36 Å². The molecular formula is C29H22BrN3O3S2. The number of allylic oxidation sites excluding steroid dienone is 1.